The second-order valence-electron chi connectivity index (χ2n) is 9.48. The highest BCUT2D eigenvalue weighted by atomic mass is 35.5. The van der Waals surface area contributed by atoms with Crippen LogP contribution in [0.3, 0.4) is 0 Å². The fraction of sp³-hybridized carbons (Fsp3) is 0.462. The van der Waals surface area contributed by atoms with E-state index in [-0.39, 0.29) is 17.5 Å². The summed E-state index contributed by atoms with van der Waals surface area (Å²) in [5, 5.41) is 13.5. The van der Waals surface area contributed by atoms with Crippen LogP contribution >= 0.6 is 11.6 Å². The van der Waals surface area contributed by atoms with Crippen LogP contribution < -0.4 is 10.1 Å². The summed E-state index contributed by atoms with van der Waals surface area (Å²) in [6.45, 7) is 0. The van der Waals surface area contributed by atoms with Gasteiger partial charge in [-0.15, -0.1) is 0 Å². The quantitative estimate of drug-likeness (QED) is 0.599. The van der Waals surface area contributed by atoms with Crippen molar-refractivity contribution in [2.24, 2.45) is 5.92 Å². The zero-order chi connectivity index (χ0) is 23.2. The Morgan fingerprint density at radius 1 is 1.15 bits per heavy atom. The lowest BCUT2D eigenvalue weighted by Gasteiger charge is -2.45. The van der Waals surface area contributed by atoms with Gasteiger partial charge in [0, 0.05) is 0 Å². The summed E-state index contributed by atoms with van der Waals surface area (Å²) in [6.07, 6.45) is 7.29. The molecule has 1 heterocycles. The van der Waals surface area contributed by atoms with E-state index in [0.717, 1.165) is 49.7 Å². The molecule has 6 nitrogen and oxygen atoms in total. The zero-order valence-electron chi connectivity index (χ0n) is 18.7. The number of amides is 1. The van der Waals surface area contributed by atoms with Crippen LogP contribution in [0.5, 0.6) is 5.75 Å². The Bertz CT molecular complexity index is 1060. The number of carboxylic acid groups (broad SMARTS) is 1. The lowest BCUT2D eigenvalue weighted by atomic mass is 9.86. The number of nitrogens with one attached hydrogen (secondary N) is 1. The molecule has 0 radical (unpaired) electrons. The van der Waals surface area contributed by atoms with E-state index < -0.39 is 17.7 Å². The molecule has 0 aromatic heterocycles. The fourth-order valence-electron chi connectivity index (χ4n) is 5.63. The minimum atomic E-state index is -0.941. The van der Waals surface area contributed by atoms with Gasteiger partial charge < -0.3 is 14.7 Å². The average Bonchev–Trinajstić information content (AvgIpc) is 3.62. The van der Waals surface area contributed by atoms with Crippen molar-refractivity contribution in [1.29, 1.82) is 0 Å². The third-order valence-corrected chi connectivity index (χ3v) is 7.69. The predicted molar refractivity (Wildman–Crippen MR) is 125 cm³/mol. The lowest BCUT2D eigenvalue weighted by molar-refractivity contribution is -0.137. The summed E-state index contributed by atoms with van der Waals surface area (Å²) in [5.74, 6) is 0.105. The van der Waals surface area contributed by atoms with E-state index >= 15 is 0 Å². The van der Waals surface area contributed by atoms with Crippen LogP contribution in [0.15, 0.2) is 42.5 Å². The van der Waals surface area contributed by atoms with E-state index in [1.54, 1.807) is 19.2 Å². The molecule has 1 spiro atoms. The smallest absolute Gasteiger partial charge is 0.335 e. The van der Waals surface area contributed by atoms with E-state index in [0.29, 0.717) is 16.7 Å². The summed E-state index contributed by atoms with van der Waals surface area (Å²) in [4.78, 5) is 27.5. The molecule has 1 amide bonds. The Balaban J connectivity index is 1.55. The van der Waals surface area contributed by atoms with E-state index in [9.17, 15) is 14.7 Å². The highest BCUT2D eigenvalue weighted by molar-refractivity contribution is 6.32. The van der Waals surface area contributed by atoms with Gasteiger partial charge in [-0.2, -0.15) is 0 Å². The Morgan fingerprint density at radius 3 is 2.42 bits per heavy atom. The molecule has 2 unspecified atom stereocenters. The van der Waals surface area contributed by atoms with Crippen LogP contribution in [0.2, 0.25) is 5.02 Å². The number of hydrogen-bond donors (Lipinski definition) is 2. The third kappa shape index (κ3) is 4.00. The van der Waals surface area contributed by atoms with Crippen LogP contribution in [-0.2, 0) is 4.79 Å². The number of carbonyl (C=O) groups is 2. The first kappa shape index (κ1) is 22.2. The number of nitrogens with zero attached hydrogens (tertiary/aromatic N) is 1. The number of benzene rings is 2. The van der Waals surface area contributed by atoms with Gasteiger partial charge >= 0.3 is 5.97 Å². The molecule has 1 aliphatic heterocycles. The van der Waals surface area contributed by atoms with Gasteiger partial charge in [0.2, 0.25) is 5.91 Å². The molecular weight excluding hydrogens is 440 g/mol. The van der Waals surface area contributed by atoms with E-state index in [2.05, 4.69) is 10.2 Å². The topological polar surface area (TPSA) is 78.9 Å². The van der Waals surface area contributed by atoms with Crippen molar-refractivity contribution >= 4 is 23.5 Å². The largest absolute Gasteiger partial charge is 0.495 e. The number of halogens is 1. The Hall–Kier alpha value is -2.57. The van der Waals surface area contributed by atoms with Gasteiger partial charge in [-0.05, 0) is 79.8 Å². The van der Waals surface area contributed by atoms with Crippen molar-refractivity contribution in [1.82, 2.24) is 10.2 Å². The first-order valence-corrected chi connectivity index (χ1v) is 12.1. The number of carboxylic acids is 1. The van der Waals surface area contributed by atoms with Crippen molar-refractivity contribution in [2.45, 2.75) is 62.7 Å². The maximum atomic E-state index is 14.1. The maximum Gasteiger partial charge on any atom is 0.335 e. The molecule has 1 saturated heterocycles. The van der Waals surface area contributed by atoms with Crippen LogP contribution in [0.1, 0.15) is 78.5 Å². The van der Waals surface area contributed by atoms with E-state index in [4.69, 9.17) is 16.3 Å². The minimum Gasteiger partial charge on any atom is -0.495 e. The summed E-state index contributed by atoms with van der Waals surface area (Å²) in [6, 6.07) is 12.1. The second-order valence-corrected chi connectivity index (χ2v) is 9.89. The summed E-state index contributed by atoms with van der Waals surface area (Å²) >= 11 is 6.40. The number of aromatic carboxylic acids is 1. The molecule has 174 valence electrons. The van der Waals surface area contributed by atoms with Crippen LogP contribution in [0.25, 0.3) is 0 Å². The molecule has 3 fully saturated rings. The predicted octanol–water partition coefficient (Wildman–Crippen LogP) is 5.33. The molecule has 7 heteroatoms. The molecule has 0 bridgehead atoms. The molecule has 5 rings (SSSR count). The van der Waals surface area contributed by atoms with Crippen LogP contribution in [0.4, 0.5) is 0 Å². The first-order chi connectivity index (χ1) is 15.9. The third-order valence-electron chi connectivity index (χ3n) is 7.39. The fourth-order valence-corrected chi connectivity index (χ4v) is 5.90. The SMILES string of the molecule is COc1ccc(C2NC3(CCCCC3)N(C(c3ccc(C(=O)O)cc3)C3CC3)C2=O)cc1Cl. The Labute approximate surface area is 198 Å². The van der Waals surface area contributed by atoms with Crippen LogP contribution in [-0.4, -0.2) is 34.7 Å². The summed E-state index contributed by atoms with van der Waals surface area (Å²) in [5.41, 5.74) is 1.72. The van der Waals surface area contributed by atoms with Gasteiger partial charge in [-0.3, -0.25) is 10.1 Å². The molecule has 2 atom stereocenters. The highest BCUT2D eigenvalue weighted by Crippen LogP contribution is 2.52. The first-order valence-electron chi connectivity index (χ1n) is 11.7. The lowest BCUT2D eigenvalue weighted by Crippen LogP contribution is -2.55. The number of methoxy groups -OCH3 is 1. The van der Waals surface area contributed by atoms with Crippen molar-refractivity contribution < 1.29 is 19.4 Å². The highest BCUT2D eigenvalue weighted by Gasteiger charge is 2.56. The molecule has 3 aliphatic rings. The Kier molecular flexibility index (Phi) is 5.83. The van der Waals surface area contributed by atoms with Gasteiger partial charge in [0.15, 0.2) is 0 Å². The second kappa shape index (κ2) is 8.65. The number of hydrogen-bond acceptors (Lipinski definition) is 4. The zero-order valence-corrected chi connectivity index (χ0v) is 19.5. The molecule has 2 aromatic rings. The van der Waals surface area contributed by atoms with Crippen molar-refractivity contribution in [3.8, 4) is 5.75 Å². The number of ether oxygens (including phenoxy) is 1. The molecular formula is C26H29ClN2O4. The molecule has 2 aromatic carbocycles. The van der Waals surface area contributed by atoms with E-state index in [1.807, 2.05) is 30.3 Å². The van der Waals surface area contributed by atoms with Gasteiger partial charge in [0.1, 0.15) is 11.8 Å². The van der Waals surface area contributed by atoms with Crippen molar-refractivity contribution in [3.63, 3.8) is 0 Å². The van der Waals surface area contributed by atoms with Gasteiger partial charge in [0.25, 0.3) is 0 Å². The normalized spacial score (nSPS) is 23.0. The van der Waals surface area contributed by atoms with Crippen molar-refractivity contribution in [3.05, 3.63) is 64.2 Å². The molecule has 33 heavy (non-hydrogen) atoms. The summed E-state index contributed by atoms with van der Waals surface area (Å²) in [7, 11) is 1.58. The minimum absolute atomic E-state index is 0.0651. The van der Waals surface area contributed by atoms with Gasteiger partial charge in [-0.1, -0.05) is 36.2 Å². The van der Waals surface area contributed by atoms with Crippen LogP contribution in [0, 0.1) is 5.92 Å². The Morgan fingerprint density at radius 2 is 1.85 bits per heavy atom. The average molecular weight is 469 g/mol. The monoisotopic (exact) mass is 468 g/mol. The van der Waals surface area contributed by atoms with E-state index in [1.165, 1.54) is 6.42 Å². The van der Waals surface area contributed by atoms with Gasteiger partial charge in [-0.25, -0.2) is 4.79 Å². The standard InChI is InChI=1S/C26H29ClN2O4/c1-33-21-12-11-19(15-20(21)27)22-24(30)29(26(28-22)13-3-2-4-14-26)23(16-5-6-16)17-7-9-18(10-8-17)25(31)32/h7-12,15-16,22-23,28H,2-6,13-14H2,1H3,(H,31,32). The molecule has 2 saturated carbocycles. The maximum absolute atomic E-state index is 14.1. The summed E-state index contributed by atoms with van der Waals surface area (Å²) < 4.78 is 5.29. The molecule has 2 aliphatic carbocycles. The van der Waals surface area contributed by atoms with Gasteiger partial charge in [0.05, 0.1) is 29.4 Å². The number of rotatable bonds is 6. The molecule has 2 N–H and O–H groups in total. The number of carbonyl (C=O) groups excluding carboxylic acids is 1. The van der Waals surface area contributed by atoms with Crippen molar-refractivity contribution in [2.75, 3.05) is 7.11 Å².